The molecule has 0 radical (unpaired) electrons. The fraction of sp³-hybridized carbons (Fsp3) is 0.409. The fourth-order valence-electron chi connectivity index (χ4n) is 3.39. The number of benzene rings is 1. The highest BCUT2D eigenvalue weighted by molar-refractivity contribution is 7.17. The molecule has 1 aliphatic rings. The Bertz CT molecular complexity index is 918. The van der Waals surface area contributed by atoms with Gasteiger partial charge >= 0.3 is 5.97 Å². The molecule has 2 aromatic rings. The van der Waals surface area contributed by atoms with Gasteiger partial charge in [-0.05, 0) is 61.9 Å². The molecule has 0 saturated carbocycles. The number of esters is 1. The van der Waals surface area contributed by atoms with Gasteiger partial charge in [0.1, 0.15) is 5.00 Å². The van der Waals surface area contributed by atoms with Crippen LogP contribution in [-0.2, 0) is 22.4 Å². The number of ether oxygens (including phenoxy) is 1. The summed E-state index contributed by atoms with van der Waals surface area (Å²) in [7, 11) is 0. The molecule has 6 nitrogen and oxygen atoms in total. The largest absolute Gasteiger partial charge is 0.462 e. The van der Waals surface area contributed by atoms with Crippen molar-refractivity contribution in [1.29, 1.82) is 0 Å². The summed E-state index contributed by atoms with van der Waals surface area (Å²) in [5.41, 5.74) is 2.62. The van der Waals surface area contributed by atoms with E-state index >= 15 is 0 Å². The number of rotatable bonds is 6. The third kappa shape index (κ3) is 4.85. The molecule has 0 fully saturated rings. The van der Waals surface area contributed by atoms with Crippen LogP contribution in [0.5, 0.6) is 0 Å². The molecule has 1 aromatic carbocycles. The van der Waals surface area contributed by atoms with Crippen LogP contribution in [0.15, 0.2) is 24.3 Å². The van der Waals surface area contributed by atoms with E-state index < -0.39 is 5.97 Å². The van der Waals surface area contributed by atoms with Crippen LogP contribution in [0.3, 0.4) is 0 Å². The number of hydrogen-bond donors (Lipinski definition) is 2. The van der Waals surface area contributed by atoms with Crippen LogP contribution < -0.4 is 10.6 Å². The first-order valence-electron chi connectivity index (χ1n) is 9.95. The van der Waals surface area contributed by atoms with Gasteiger partial charge in [-0.25, -0.2) is 4.79 Å². The third-order valence-electron chi connectivity index (χ3n) is 4.97. The van der Waals surface area contributed by atoms with Crippen molar-refractivity contribution in [2.75, 3.05) is 17.2 Å². The highest BCUT2D eigenvalue weighted by atomic mass is 32.1. The van der Waals surface area contributed by atoms with Gasteiger partial charge in [-0.2, -0.15) is 0 Å². The molecule has 0 spiro atoms. The lowest BCUT2D eigenvalue weighted by Crippen LogP contribution is -2.19. The van der Waals surface area contributed by atoms with Crippen molar-refractivity contribution in [3.05, 3.63) is 45.8 Å². The maximum Gasteiger partial charge on any atom is 0.338 e. The van der Waals surface area contributed by atoms with E-state index in [-0.39, 0.29) is 11.8 Å². The minimum Gasteiger partial charge on any atom is -0.462 e. The predicted molar refractivity (Wildman–Crippen MR) is 115 cm³/mol. The zero-order chi connectivity index (χ0) is 21.0. The Hall–Kier alpha value is -2.67. The average Bonchev–Trinajstić information content (AvgIpc) is 3.05. The van der Waals surface area contributed by atoms with E-state index in [0.717, 1.165) is 24.8 Å². The third-order valence-corrected chi connectivity index (χ3v) is 6.14. The molecule has 3 rings (SSSR count). The average molecular weight is 415 g/mol. The van der Waals surface area contributed by atoms with Gasteiger partial charge in [0.25, 0.3) is 5.91 Å². The van der Waals surface area contributed by atoms with E-state index in [2.05, 4.69) is 17.6 Å². The maximum atomic E-state index is 13.1. The molecule has 7 heteroatoms. The van der Waals surface area contributed by atoms with E-state index in [1.54, 1.807) is 38.1 Å². The second kappa shape index (κ2) is 9.22. The quantitative estimate of drug-likeness (QED) is 0.674. The second-order valence-electron chi connectivity index (χ2n) is 7.21. The molecule has 0 saturated heterocycles. The molecule has 29 heavy (non-hydrogen) atoms. The Balaban J connectivity index is 1.84. The van der Waals surface area contributed by atoms with Crippen LogP contribution in [0.25, 0.3) is 0 Å². The molecular weight excluding hydrogens is 388 g/mol. The number of amides is 2. The van der Waals surface area contributed by atoms with Crippen LogP contribution in [0, 0.1) is 5.92 Å². The zero-order valence-corrected chi connectivity index (χ0v) is 17.8. The number of carbonyl (C=O) groups excluding carboxylic acids is 3. The van der Waals surface area contributed by atoms with Crippen LogP contribution in [-0.4, -0.2) is 24.4 Å². The number of anilines is 2. The summed E-state index contributed by atoms with van der Waals surface area (Å²) in [6.07, 6.45) is 3.14. The number of fused-ring (bicyclic) bond motifs is 1. The molecule has 2 N–H and O–H groups in total. The predicted octanol–water partition coefficient (Wildman–Crippen LogP) is 4.65. The molecule has 2 amide bonds. The van der Waals surface area contributed by atoms with Crippen LogP contribution in [0.2, 0.25) is 0 Å². The molecule has 0 unspecified atom stereocenters. The summed E-state index contributed by atoms with van der Waals surface area (Å²) < 4.78 is 4.98. The smallest absolute Gasteiger partial charge is 0.338 e. The van der Waals surface area contributed by atoms with Gasteiger partial charge in [-0.3, -0.25) is 9.59 Å². The van der Waals surface area contributed by atoms with Crippen molar-refractivity contribution >= 4 is 39.8 Å². The Morgan fingerprint density at radius 2 is 1.86 bits per heavy atom. The lowest BCUT2D eigenvalue weighted by atomic mass is 9.88. The number of nitrogens with one attached hydrogen (secondary N) is 2. The highest BCUT2D eigenvalue weighted by Gasteiger charge is 2.28. The maximum absolute atomic E-state index is 13.1. The van der Waals surface area contributed by atoms with Gasteiger partial charge in [0.05, 0.1) is 17.7 Å². The van der Waals surface area contributed by atoms with Gasteiger partial charge in [0.15, 0.2) is 0 Å². The summed E-state index contributed by atoms with van der Waals surface area (Å²) >= 11 is 1.51. The first-order chi connectivity index (χ1) is 13.9. The Labute approximate surface area is 174 Å². The van der Waals surface area contributed by atoms with Crippen molar-refractivity contribution in [2.45, 2.75) is 46.5 Å². The van der Waals surface area contributed by atoms with Crippen molar-refractivity contribution in [3.8, 4) is 0 Å². The molecule has 0 bridgehead atoms. The SMILES string of the molecule is CCOC(=O)c1ccc(NC(=O)c2c(NC(=O)CC)sc3c2CC[C@H](C)C3)cc1. The number of carbonyl (C=O) groups is 3. The molecular formula is C22H26N2O4S. The van der Waals surface area contributed by atoms with Crippen LogP contribution in [0.4, 0.5) is 10.7 Å². The van der Waals surface area contributed by atoms with Gasteiger partial charge in [0.2, 0.25) is 5.91 Å². The van der Waals surface area contributed by atoms with E-state index in [0.29, 0.717) is 40.8 Å². The lowest BCUT2D eigenvalue weighted by molar-refractivity contribution is -0.115. The van der Waals surface area contributed by atoms with E-state index in [1.807, 2.05) is 0 Å². The highest BCUT2D eigenvalue weighted by Crippen LogP contribution is 2.40. The number of hydrogen-bond acceptors (Lipinski definition) is 5. The monoisotopic (exact) mass is 414 g/mol. The first kappa shape index (κ1) is 21.0. The lowest BCUT2D eigenvalue weighted by Gasteiger charge is -2.18. The molecule has 1 aromatic heterocycles. The van der Waals surface area contributed by atoms with Gasteiger partial charge in [0, 0.05) is 17.0 Å². The van der Waals surface area contributed by atoms with Crippen molar-refractivity contribution in [3.63, 3.8) is 0 Å². The van der Waals surface area contributed by atoms with Crippen molar-refractivity contribution in [1.82, 2.24) is 0 Å². The molecule has 1 atom stereocenters. The first-order valence-corrected chi connectivity index (χ1v) is 10.8. The van der Waals surface area contributed by atoms with Crippen LogP contribution >= 0.6 is 11.3 Å². The minimum atomic E-state index is -0.393. The minimum absolute atomic E-state index is 0.107. The van der Waals surface area contributed by atoms with Gasteiger partial charge in [-0.15, -0.1) is 11.3 Å². The van der Waals surface area contributed by atoms with Gasteiger partial charge in [-0.1, -0.05) is 13.8 Å². The normalized spacial score (nSPS) is 15.3. The summed E-state index contributed by atoms with van der Waals surface area (Å²) in [6, 6.07) is 6.60. The van der Waals surface area contributed by atoms with E-state index in [9.17, 15) is 14.4 Å². The fourth-order valence-corrected chi connectivity index (χ4v) is 4.82. The molecule has 1 heterocycles. The Kier molecular flexibility index (Phi) is 6.69. The second-order valence-corrected chi connectivity index (χ2v) is 8.31. The summed E-state index contributed by atoms with van der Waals surface area (Å²) in [4.78, 5) is 38.0. The molecule has 0 aliphatic heterocycles. The van der Waals surface area contributed by atoms with Gasteiger partial charge < -0.3 is 15.4 Å². The van der Waals surface area contributed by atoms with E-state index in [1.165, 1.54) is 16.2 Å². The van der Waals surface area contributed by atoms with Crippen LogP contribution in [0.1, 0.15) is 64.8 Å². The van der Waals surface area contributed by atoms with E-state index in [4.69, 9.17) is 4.74 Å². The number of thiophene rings is 1. The Morgan fingerprint density at radius 3 is 2.52 bits per heavy atom. The standard InChI is InChI=1S/C22H26N2O4S/c1-4-18(25)24-21-19(16-11-6-13(3)12-17(16)29-21)20(26)23-15-9-7-14(8-10-15)22(27)28-5-2/h7-10,13H,4-6,11-12H2,1-3H3,(H,23,26)(H,24,25)/t13-/m0/s1. The molecule has 1 aliphatic carbocycles. The summed E-state index contributed by atoms with van der Waals surface area (Å²) in [5, 5.41) is 6.42. The summed E-state index contributed by atoms with van der Waals surface area (Å²) in [5.74, 6) is -0.171. The Morgan fingerprint density at radius 1 is 1.14 bits per heavy atom. The van der Waals surface area contributed by atoms with Crippen molar-refractivity contribution in [2.24, 2.45) is 5.92 Å². The zero-order valence-electron chi connectivity index (χ0n) is 17.0. The topological polar surface area (TPSA) is 84.5 Å². The van der Waals surface area contributed by atoms with Crippen molar-refractivity contribution < 1.29 is 19.1 Å². The summed E-state index contributed by atoms with van der Waals surface area (Å²) in [6.45, 7) is 6.06. The molecule has 154 valence electrons.